The van der Waals surface area contributed by atoms with Crippen molar-refractivity contribution >= 4 is 28.6 Å². The summed E-state index contributed by atoms with van der Waals surface area (Å²) in [6, 6.07) is 9.96. The Bertz CT molecular complexity index is 584. The lowest BCUT2D eigenvalue weighted by atomic mass is 10.2. The Morgan fingerprint density at radius 3 is 3.00 bits per heavy atom. The Morgan fingerprint density at radius 2 is 2.20 bits per heavy atom. The van der Waals surface area contributed by atoms with Gasteiger partial charge in [-0.25, -0.2) is 0 Å². The number of hydrogen-bond acceptors (Lipinski definition) is 4. The van der Waals surface area contributed by atoms with Crippen LogP contribution in [0.25, 0.3) is 10.9 Å². The van der Waals surface area contributed by atoms with Crippen LogP contribution in [-0.4, -0.2) is 36.4 Å². The highest BCUT2D eigenvalue weighted by molar-refractivity contribution is 8.00. The van der Waals surface area contributed by atoms with Crippen LogP contribution in [0.4, 0.5) is 0 Å². The molecule has 0 aliphatic rings. The molecule has 0 spiro atoms. The first-order valence-corrected chi connectivity index (χ1v) is 7.44. The molecule has 0 radical (unpaired) electrons. The van der Waals surface area contributed by atoms with Crippen molar-refractivity contribution in [2.45, 2.75) is 17.9 Å². The number of benzene rings is 1. The van der Waals surface area contributed by atoms with E-state index in [0.29, 0.717) is 12.4 Å². The summed E-state index contributed by atoms with van der Waals surface area (Å²) < 4.78 is 4.99. The first-order valence-electron chi connectivity index (χ1n) is 6.45. The summed E-state index contributed by atoms with van der Waals surface area (Å²) in [6.07, 6.45) is 1.77. The zero-order valence-corrected chi connectivity index (χ0v) is 12.4. The normalized spacial score (nSPS) is 12.3. The second-order valence-electron chi connectivity index (χ2n) is 4.54. The highest BCUT2D eigenvalue weighted by Crippen LogP contribution is 2.25. The van der Waals surface area contributed by atoms with Gasteiger partial charge in [0.05, 0.1) is 17.9 Å². The molecule has 106 valence electrons. The summed E-state index contributed by atoms with van der Waals surface area (Å²) in [4.78, 5) is 17.2. The number of fused-ring (bicyclic) bond motifs is 1. The maximum atomic E-state index is 11.8. The molecule has 0 saturated carbocycles. The molecule has 1 amide bonds. The average Bonchev–Trinajstić information content (AvgIpc) is 2.45. The molecule has 0 fully saturated rings. The third-order valence-corrected chi connectivity index (χ3v) is 3.83. The molecule has 0 aliphatic carbocycles. The molecule has 20 heavy (non-hydrogen) atoms. The van der Waals surface area contributed by atoms with E-state index in [9.17, 15) is 4.79 Å². The van der Waals surface area contributed by atoms with E-state index >= 15 is 0 Å². The van der Waals surface area contributed by atoms with Gasteiger partial charge in [0.1, 0.15) is 0 Å². The third kappa shape index (κ3) is 3.95. The van der Waals surface area contributed by atoms with Gasteiger partial charge in [-0.05, 0) is 19.1 Å². The topological polar surface area (TPSA) is 51.2 Å². The van der Waals surface area contributed by atoms with Gasteiger partial charge in [0.25, 0.3) is 0 Å². The number of ether oxygens (including phenoxy) is 1. The first kappa shape index (κ1) is 14.8. The number of methoxy groups -OCH3 is 1. The number of pyridine rings is 1. The predicted octanol–water partition coefficient (Wildman–Crippen LogP) is 2.48. The van der Waals surface area contributed by atoms with E-state index in [4.69, 9.17) is 4.74 Å². The van der Waals surface area contributed by atoms with Gasteiger partial charge in [0.15, 0.2) is 0 Å². The number of nitrogens with one attached hydrogen (secondary N) is 1. The van der Waals surface area contributed by atoms with Gasteiger partial charge < -0.3 is 10.1 Å². The highest BCUT2D eigenvalue weighted by Gasteiger charge is 2.09. The van der Waals surface area contributed by atoms with E-state index in [2.05, 4.69) is 10.3 Å². The highest BCUT2D eigenvalue weighted by atomic mass is 32.2. The monoisotopic (exact) mass is 290 g/mol. The second kappa shape index (κ2) is 7.26. The lowest BCUT2D eigenvalue weighted by molar-refractivity contribution is -0.119. The molecule has 2 aromatic rings. The van der Waals surface area contributed by atoms with Crippen molar-refractivity contribution in [2.75, 3.05) is 19.5 Å². The largest absolute Gasteiger partial charge is 0.383 e. The molecule has 1 aromatic carbocycles. The van der Waals surface area contributed by atoms with Crippen molar-refractivity contribution in [3.05, 3.63) is 36.5 Å². The van der Waals surface area contributed by atoms with Gasteiger partial charge in [-0.15, -0.1) is 11.8 Å². The Balaban J connectivity index is 1.97. The molecule has 1 heterocycles. The summed E-state index contributed by atoms with van der Waals surface area (Å²) in [5, 5.41) is 3.98. The molecular formula is C15H18N2O2S. The van der Waals surface area contributed by atoms with E-state index in [-0.39, 0.29) is 11.9 Å². The number of rotatable bonds is 6. The van der Waals surface area contributed by atoms with Crippen LogP contribution in [0.15, 0.2) is 41.4 Å². The second-order valence-corrected chi connectivity index (χ2v) is 5.56. The van der Waals surface area contributed by atoms with Crippen molar-refractivity contribution in [3.63, 3.8) is 0 Å². The molecule has 0 aliphatic heterocycles. The van der Waals surface area contributed by atoms with E-state index in [1.165, 1.54) is 11.8 Å². The molecule has 0 bridgehead atoms. The van der Waals surface area contributed by atoms with Crippen LogP contribution in [0.3, 0.4) is 0 Å². The first-order chi connectivity index (χ1) is 9.70. The Morgan fingerprint density at radius 1 is 1.40 bits per heavy atom. The summed E-state index contributed by atoms with van der Waals surface area (Å²) >= 11 is 1.50. The van der Waals surface area contributed by atoms with E-state index in [0.717, 1.165) is 15.8 Å². The van der Waals surface area contributed by atoms with Gasteiger partial charge in [0, 0.05) is 29.6 Å². The van der Waals surface area contributed by atoms with Crippen LogP contribution in [0.5, 0.6) is 0 Å². The van der Waals surface area contributed by atoms with Crippen LogP contribution in [0.2, 0.25) is 0 Å². The van der Waals surface area contributed by atoms with E-state index in [1.807, 2.05) is 37.3 Å². The number of para-hydroxylation sites is 1. The number of carbonyl (C=O) groups excluding carboxylic acids is 1. The van der Waals surface area contributed by atoms with Gasteiger partial charge in [-0.3, -0.25) is 9.78 Å². The number of thioether (sulfide) groups is 1. The Kier molecular flexibility index (Phi) is 5.38. The standard InChI is InChI=1S/C15H18N2O2S/c1-11(9-19-2)17-14(18)10-20-13-7-3-5-12-6-4-8-16-15(12)13/h3-8,11H,9-10H2,1-2H3,(H,17,18). The van der Waals surface area contributed by atoms with Crippen molar-refractivity contribution in [1.29, 1.82) is 0 Å². The molecule has 1 unspecified atom stereocenters. The number of aromatic nitrogens is 1. The zero-order chi connectivity index (χ0) is 14.4. The summed E-state index contributed by atoms with van der Waals surface area (Å²) in [6.45, 7) is 2.44. The van der Waals surface area contributed by atoms with Gasteiger partial charge >= 0.3 is 0 Å². The molecule has 2 rings (SSSR count). The maximum absolute atomic E-state index is 11.8. The van der Waals surface area contributed by atoms with E-state index in [1.54, 1.807) is 13.3 Å². The zero-order valence-electron chi connectivity index (χ0n) is 11.6. The van der Waals surface area contributed by atoms with Crippen LogP contribution in [-0.2, 0) is 9.53 Å². The lowest BCUT2D eigenvalue weighted by Gasteiger charge is -2.12. The minimum Gasteiger partial charge on any atom is -0.383 e. The SMILES string of the molecule is COCC(C)NC(=O)CSc1cccc2cccnc12. The van der Waals surface area contributed by atoms with Crippen molar-refractivity contribution in [2.24, 2.45) is 0 Å². The van der Waals surface area contributed by atoms with Crippen molar-refractivity contribution < 1.29 is 9.53 Å². The molecular weight excluding hydrogens is 272 g/mol. The summed E-state index contributed by atoms with van der Waals surface area (Å²) in [5.74, 6) is 0.386. The average molecular weight is 290 g/mol. The van der Waals surface area contributed by atoms with E-state index < -0.39 is 0 Å². The summed E-state index contributed by atoms with van der Waals surface area (Å²) in [7, 11) is 1.62. The third-order valence-electron chi connectivity index (χ3n) is 2.78. The minimum absolute atomic E-state index is 0.00693. The van der Waals surface area contributed by atoms with Crippen LogP contribution < -0.4 is 5.32 Å². The Hall–Kier alpha value is -1.59. The molecule has 1 atom stereocenters. The number of nitrogens with zero attached hydrogens (tertiary/aromatic N) is 1. The minimum atomic E-state index is 0.00693. The van der Waals surface area contributed by atoms with Crippen LogP contribution >= 0.6 is 11.8 Å². The van der Waals surface area contributed by atoms with Crippen LogP contribution in [0, 0.1) is 0 Å². The van der Waals surface area contributed by atoms with Gasteiger partial charge in [-0.1, -0.05) is 18.2 Å². The quantitative estimate of drug-likeness (QED) is 0.830. The van der Waals surface area contributed by atoms with Gasteiger partial charge in [0.2, 0.25) is 5.91 Å². The smallest absolute Gasteiger partial charge is 0.230 e. The number of carbonyl (C=O) groups is 1. The maximum Gasteiger partial charge on any atom is 0.230 e. The molecule has 0 saturated heterocycles. The fourth-order valence-electron chi connectivity index (χ4n) is 1.94. The molecule has 5 heteroatoms. The van der Waals surface area contributed by atoms with Crippen molar-refractivity contribution in [1.82, 2.24) is 10.3 Å². The number of hydrogen-bond donors (Lipinski definition) is 1. The van der Waals surface area contributed by atoms with Gasteiger partial charge in [-0.2, -0.15) is 0 Å². The number of amides is 1. The predicted molar refractivity (Wildman–Crippen MR) is 81.9 cm³/mol. The molecule has 1 N–H and O–H groups in total. The fraction of sp³-hybridized carbons (Fsp3) is 0.333. The fourth-order valence-corrected chi connectivity index (χ4v) is 2.80. The lowest BCUT2D eigenvalue weighted by Crippen LogP contribution is -2.36. The molecule has 1 aromatic heterocycles. The molecule has 4 nitrogen and oxygen atoms in total. The summed E-state index contributed by atoms with van der Waals surface area (Å²) in [5.41, 5.74) is 0.942. The van der Waals surface area contributed by atoms with Crippen molar-refractivity contribution in [3.8, 4) is 0 Å². The van der Waals surface area contributed by atoms with Crippen LogP contribution in [0.1, 0.15) is 6.92 Å². The Labute approximate surface area is 122 Å².